The van der Waals surface area contributed by atoms with Crippen molar-refractivity contribution in [3.63, 3.8) is 0 Å². The van der Waals surface area contributed by atoms with Crippen molar-refractivity contribution in [3.05, 3.63) is 24.0 Å². The number of nitrogen functional groups attached to an aromatic ring is 1. The van der Waals surface area contributed by atoms with Gasteiger partial charge >= 0.3 is 0 Å². The summed E-state index contributed by atoms with van der Waals surface area (Å²) in [5.41, 5.74) is 6.84. The number of ether oxygens (including phenoxy) is 1. The Balaban J connectivity index is 1.85. The zero-order valence-corrected chi connectivity index (χ0v) is 12.7. The molecule has 0 aliphatic carbocycles. The number of anilines is 2. The number of aromatic amines is 1. The Kier molecular flexibility index (Phi) is 5.04. The van der Waals surface area contributed by atoms with Crippen LogP contribution in [-0.2, 0) is 4.79 Å². The average Bonchev–Trinajstić information content (AvgIpc) is 2.85. The molecule has 1 aromatic carbocycles. The van der Waals surface area contributed by atoms with E-state index in [1.165, 1.54) is 11.8 Å². The topological polar surface area (TPSA) is 106 Å². The smallest absolute Gasteiger partial charge is 0.225 e. The van der Waals surface area contributed by atoms with Crippen molar-refractivity contribution in [1.82, 2.24) is 15.2 Å². The summed E-state index contributed by atoms with van der Waals surface area (Å²) in [6.45, 7) is 1.83. The highest BCUT2D eigenvalue weighted by Gasteiger charge is 2.09. The van der Waals surface area contributed by atoms with E-state index >= 15 is 0 Å². The van der Waals surface area contributed by atoms with E-state index in [9.17, 15) is 4.79 Å². The van der Waals surface area contributed by atoms with E-state index in [0.717, 1.165) is 5.82 Å². The molecule has 2 rings (SSSR count). The van der Waals surface area contributed by atoms with E-state index in [4.69, 9.17) is 10.5 Å². The SMILES string of the molecule is COc1ccc(N)cc1NC(=O)CCSc1n[nH]c(C)n1. The summed E-state index contributed by atoms with van der Waals surface area (Å²) in [7, 11) is 1.54. The molecule has 0 spiro atoms. The van der Waals surface area contributed by atoms with E-state index in [1.54, 1.807) is 25.3 Å². The van der Waals surface area contributed by atoms with Gasteiger partial charge in [0.1, 0.15) is 11.6 Å². The van der Waals surface area contributed by atoms with Crippen LogP contribution in [-0.4, -0.2) is 34.0 Å². The molecule has 0 unspecified atom stereocenters. The van der Waals surface area contributed by atoms with Crippen LogP contribution in [0.4, 0.5) is 11.4 Å². The molecule has 1 amide bonds. The van der Waals surface area contributed by atoms with Crippen molar-refractivity contribution < 1.29 is 9.53 Å². The van der Waals surface area contributed by atoms with Crippen molar-refractivity contribution in [2.75, 3.05) is 23.9 Å². The van der Waals surface area contributed by atoms with Crippen molar-refractivity contribution in [1.29, 1.82) is 0 Å². The molecule has 0 saturated carbocycles. The molecule has 8 heteroatoms. The van der Waals surface area contributed by atoms with E-state index in [-0.39, 0.29) is 5.91 Å². The minimum absolute atomic E-state index is 0.112. The van der Waals surface area contributed by atoms with Gasteiger partial charge in [-0.05, 0) is 25.1 Å². The third kappa shape index (κ3) is 4.38. The summed E-state index contributed by atoms with van der Waals surface area (Å²) in [6, 6.07) is 5.11. The summed E-state index contributed by atoms with van der Waals surface area (Å²) in [4.78, 5) is 16.1. The van der Waals surface area contributed by atoms with Gasteiger partial charge in [0.15, 0.2) is 0 Å². The van der Waals surface area contributed by atoms with Crippen LogP contribution < -0.4 is 15.8 Å². The highest BCUT2D eigenvalue weighted by atomic mass is 32.2. The number of H-pyrrole nitrogens is 1. The summed E-state index contributed by atoms with van der Waals surface area (Å²) in [5.74, 6) is 1.81. The van der Waals surface area contributed by atoms with E-state index < -0.39 is 0 Å². The van der Waals surface area contributed by atoms with Crippen LogP contribution in [0.5, 0.6) is 5.75 Å². The first-order valence-corrected chi connectivity index (χ1v) is 7.32. The van der Waals surface area contributed by atoms with Crippen LogP contribution in [0.1, 0.15) is 12.2 Å². The molecule has 0 saturated heterocycles. The fourth-order valence-electron chi connectivity index (χ4n) is 1.66. The Hall–Kier alpha value is -2.22. The lowest BCUT2D eigenvalue weighted by Crippen LogP contribution is -2.13. The highest BCUT2D eigenvalue weighted by molar-refractivity contribution is 7.99. The number of nitrogens with zero attached hydrogens (tertiary/aromatic N) is 2. The molecular weight excluding hydrogens is 290 g/mol. The zero-order chi connectivity index (χ0) is 15.2. The third-order valence-corrected chi connectivity index (χ3v) is 3.48. The summed E-state index contributed by atoms with van der Waals surface area (Å²) >= 11 is 1.42. The lowest BCUT2D eigenvalue weighted by molar-refractivity contribution is -0.115. The molecule has 21 heavy (non-hydrogen) atoms. The number of aromatic nitrogens is 3. The Morgan fingerprint density at radius 3 is 3.00 bits per heavy atom. The van der Waals surface area contributed by atoms with Gasteiger partial charge in [0, 0.05) is 17.9 Å². The molecule has 0 atom stereocenters. The third-order valence-electron chi connectivity index (χ3n) is 2.63. The predicted octanol–water partition coefficient (Wildman–Crippen LogP) is 1.82. The number of amides is 1. The highest BCUT2D eigenvalue weighted by Crippen LogP contribution is 2.26. The number of methoxy groups -OCH3 is 1. The summed E-state index contributed by atoms with van der Waals surface area (Å²) in [6.07, 6.45) is 0.343. The second kappa shape index (κ2) is 6.98. The zero-order valence-electron chi connectivity index (χ0n) is 11.8. The molecule has 2 aromatic rings. The number of thioether (sulfide) groups is 1. The van der Waals surface area contributed by atoms with Gasteiger partial charge in [0.2, 0.25) is 11.1 Å². The van der Waals surface area contributed by atoms with E-state index in [1.807, 2.05) is 6.92 Å². The van der Waals surface area contributed by atoms with Crippen molar-refractivity contribution >= 4 is 29.0 Å². The molecule has 1 aromatic heterocycles. The largest absolute Gasteiger partial charge is 0.495 e. The van der Waals surface area contributed by atoms with Gasteiger partial charge in [-0.15, -0.1) is 5.10 Å². The normalized spacial score (nSPS) is 10.4. The summed E-state index contributed by atoms with van der Waals surface area (Å²) in [5, 5.41) is 10.2. The van der Waals surface area contributed by atoms with Crippen LogP contribution in [0.3, 0.4) is 0 Å². The first kappa shape index (κ1) is 15.2. The lowest BCUT2D eigenvalue weighted by atomic mass is 10.2. The maximum Gasteiger partial charge on any atom is 0.225 e. The number of hydrogen-bond acceptors (Lipinski definition) is 6. The maximum absolute atomic E-state index is 11.9. The molecule has 0 aliphatic heterocycles. The molecule has 0 aliphatic rings. The van der Waals surface area contributed by atoms with Crippen molar-refractivity contribution in [3.8, 4) is 5.75 Å². The second-order valence-corrected chi connectivity index (χ2v) is 5.37. The number of nitrogens with one attached hydrogen (secondary N) is 2. The summed E-state index contributed by atoms with van der Waals surface area (Å²) < 4.78 is 5.18. The van der Waals surface area contributed by atoms with Gasteiger partial charge < -0.3 is 15.8 Å². The molecule has 0 radical (unpaired) electrons. The monoisotopic (exact) mass is 307 g/mol. The van der Waals surface area contributed by atoms with Gasteiger partial charge in [0.05, 0.1) is 12.8 Å². The van der Waals surface area contributed by atoms with Gasteiger partial charge in [-0.3, -0.25) is 9.89 Å². The number of rotatable bonds is 6. The lowest BCUT2D eigenvalue weighted by Gasteiger charge is -2.10. The first-order chi connectivity index (χ1) is 10.1. The van der Waals surface area contributed by atoms with Gasteiger partial charge in [-0.1, -0.05) is 11.8 Å². The van der Waals surface area contributed by atoms with Crippen LogP contribution >= 0.6 is 11.8 Å². The Morgan fingerprint density at radius 2 is 2.33 bits per heavy atom. The Morgan fingerprint density at radius 1 is 1.52 bits per heavy atom. The van der Waals surface area contributed by atoms with E-state index in [2.05, 4.69) is 20.5 Å². The number of aryl methyl sites for hydroxylation is 1. The van der Waals surface area contributed by atoms with Gasteiger partial charge in [-0.25, -0.2) is 4.98 Å². The quantitative estimate of drug-likeness (QED) is 0.555. The number of hydrogen-bond donors (Lipinski definition) is 3. The van der Waals surface area contributed by atoms with Crippen LogP contribution in [0, 0.1) is 6.92 Å². The van der Waals surface area contributed by atoms with Crippen LogP contribution in [0.2, 0.25) is 0 Å². The molecule has 4 N–H and O–H groups in total. The molecule has 0 fully saturated rings. The maximum atomic E-state index is 11.9. The van der Waals surface area contributed by atoms with Gasteiger partial charge in [-0.2, -0.15) is 0 Å². The second-order valence-electron chi connectivity index (χ2n) is 4.31. The minimum atomic E-state index is -0.112. The standard InChI is InChI=1S/C13H17N5O2S/c1-8-15-13(18-17-8)21-6-5-12(19)16-10-7-9(14)3-4-11(10)20-2/h3-4,7H,5-6,14H2,1-2H3,(H,16,19)(H,15,17,18). The van der Waals surface area contributed by atoms with Crippen molar-refractivity contribution in [2.45, 2.75) is 18.5 Å². The number of carbonyl (C=O) groups is 1. The molecule has 112 valence electrons. The van der Waals surface area contributed by atoms with E-state index in [0.29, 0.717) is 34.5 Å². The fraction of sp³-hybridized carbons (Fsp3) is 0.308. The molecular formula is C13H17N5O2S. The van der Waals surface area contributed by atoms with Crippen LogP contribution in [0.25, 0.3) is 0 Å². The molecule has 7 nitrogen and oxygen atoms in total. The number of nitrogens with two attached hydrogens (primary N) is 1. The predicted molar refractivity (Wildman–Crippen MR) is 82.5 cm³/mol. The average molecular weight is 307 g/mol. The minimum Gasteiger partial charge on any atom is -0.495 e. The number of benzene rings is 1. The fourth-order valence-corrected chi connectivity index (χ4v) is 2.44. The molecule has 1 heterocycles. The van der Waals surface area contributed by atoms with Gasteiger partial charge in [0.25, 0.3) is 0 Å². The Labute approximate surface area is 126 Å². The first-order valence-electron chi connectivity index (χ1n) is 6.33. The van der Waals surface area contributed by atoms with Crippen molar-refractivity contribution in [2.24, 2.45) is 0 Å². The van der Waals surface area contributed by atoms with Crippen LogP contribution in [0.15, 0.2) is 23.4 Å². The Bertz CT molecular complexity index is 629. The number of carbonyl (C=O) groups excluding carboxylic acids is 1. The molecule has 0 bridgehead atoms.